The van der Waals surface area contributed by atoms with Crippen molar-refractivity contribution in [1.82, 2.24) is 9.55 Å². The predicted molar refractivity (Wildman–Crippen MR) is 107 cm³/mol. The molecule has 0 radical (unpaired) electrons. The average Bonchev–Trinajstić information content (AvgIpc) is 2.97. The molecule has 0 saturated carbocycles. The maximum Gasteiger partial charge on any atom is 0.339 e. The highest BCUT2D eigenvalue weighted by Gasteiger charge is 2.21. The van der Waals surface area contributed by atoms with E-state index < -0.39 is 6.10 Å². The minimum absolute atomic E-state index is 0.301. The van der Waals surface area contributed by atoms with Gasteiger partial charge in [-0.1, -0.05) is 26.0 Å². The van der Waals surface area contributed by atoms with Gasteiger partial charge in [-0.05, 0) is 17.5 Å². The summed E-state index contributed by atoms with van der Waals surface area (Å²) in [4.78, 5) is 21.5. The van der Waals surface area contributed by atoms with Crippen molar-refractivity contribution in [1.29, 1.82) is 0 Å². The molecule has 7 nitrogen and oxygen atoms in total. The molecule has 1 aliphatic rings. The Kier molecular flexibility index (Phi) is 6.18. The van der Waals surface area contributed by atoms with Gasteiger partial charge in [-0.15, -0.1) is 11.8 Å². The summed E-state index contributed by atoms with van der Waals surface area (Å²) in [5, 5.41) is 13.2. The van der Waals surface area contributed by atoms with Crippen molar-refractivity contribution in [2.45, 2.75) is 37.3 Å². The second kappa shape index (κ2) is 8.58. The second-order valence-electron chi connectivity index (χ2n) is 6.54. The van der Waals surface area contributed by atoms with Crippen LogP contribution in [0.4, 0.5) is 5.82 Å². The Morgan fingerprint density at radius 2 is 2.30 bits per heavy atom. The highest BCUT2D eigenvalue weighted by molar-refractivity contribution is 7.99. The molecular weight excluding hydrogens is 364 g/mol. The monoisotopic (exact) mass is 388 g/mol. The number of aryl methyl sites for hydroxylation is 1. The van der Waals surface area contributed by atoms with Crippen LogP contribution in [0.5, 0.6) is 0 Å². The molecule has 8 heteroatoms. The molecule has 0 spiro atoms. The number of ether oxygens (including phenoxy) is 1. The molecule has 1 aromatic carbocycles. The summed E-state index contributed by atoms with van der Waals surface area (Å²) in [6.07, 6.45) is 2.60. The molecule has 1 unspecified atom stereocenters. The number of nitrogens with one attached hydrogen (secondary N) is 1. The third-order valence-electron chi connectivity index (χ3n) is 4.40. The number of carbonyl (C=O) groups excluding carboxylic acids is 1. The Balaban J connectivity index is 1.78. The molecule has 0 saturated heterocycles. The molecule has 2 aromatic rings. The van der Waals surface area contributed by atoms with Gasteiger partial charge in [-0.3, -0.25) is 4.99 Å². The predicted octanol–water partition coefficient (Wildman–Crippen LogP) is 3.07. The van der Waals surface area contributed by atoms with E-state index in [4.69, 9.17) is 4.74 Å². The van der Waals surface area contributed by atoms with Gasteiger partial charge >= 0.3 is 5.97 Å². The third kappa shape index (κ3) is 4.17. The number of esters is 1. The van der Waals surface area contributed by atoms with Gasteiger partial charge in [0.2, 0.25) is 0 Å². The van der Waals surface area contributed by atoms with E-state index in [9.17, 15) is 9.90 Å². The van der Waals surface area contributed by atoms with E-state index in [-0.39, 0.29) is 5.97 Å². The molecule has 0 bridgehead atoms. The molecule has 0 amide bonds. The van der Waals surface area contributed by atoms with Gasteiger partial charge in [-0.2, -0.15) is 0 Å². The lowest BCUT2D eigenvalue weighted by atomic mass is 10.0. The number of thioether (sulfide) groups is 1. The Labute approximate surface area is 162 Å². The number of aliphatic imine (C=N–C) groups is 1. The quantitative estimate of drug-likeness (QED) is 0.584. The molecule has 144 valence electrons. The van der Waals surface area contributed by atoms with Crippen LogP contribution in [-0.2, 0) is 11.3 Å². The van der Waals surface area contributed by atoms with Gasteiger partial charge in [0.15, 0.2) is 0 Å². The van der Waals surface area contributed by atoms with E-state index in [1.54, 1.807) is 30.5 Å². The molecule has 1 aromatic heterocycles. The van der Waals surface area contributed by atoms with Crippen LogP contribution >= 0.6 is 11.8 Å². The van der Waals surface area contributed by atoms with E-state index in [1.807, 2.05) is 10.6 Å². The number of aliphatic hydroxyl groups excluding tert-OH is 1. The van der Waals surface area contributed by atoms with Crippen LogP contribution in [0, 0.1) is 0 Å². The number of hydrogen-bond acceptors (Lipinski definition) is 7. The maximum atomic E-state index is 12.2. The topological polar surface area (TPSA) is 88.7 Å². The second-order valence-corrected chi connectivity index (χ2v) is 7.65. The lowest BCUT2D eigenvalue weighted by Crippen LogP contribution is -2.09. The minimum Gasteiger partial charge on any atom is -0.465 e. The Bertz CT molecular complexity index is 847. The lowest BCUT2D eigenvalue weighted by molar-refractivity contribution is 0.0596. The molecule has 2 N–H and O–H groups in total. The highest BCUT2D eigenvalue weighted by Crippen LogP contribution is 2.33. The number of carbonyl (C=O) groups is 1. The molecular formula is C19H24N4O3S. The Morgan fingerprint density at radius 3 is 3.04 bits per heavy atom. The summed E-state index contributed by atoms with van der Waals surface area (Å²) in [5.74, 6) is 1.48. The standard InChI is InChI=1S/C19H24N4O3S/c1-12(2)13-5-4-6-14(19(25)26-3)17(13)27-8-7-23-11-22-16-15(24)9-20-10-21-18(16)23/h4-6,10-12,15,24H,7-9H2,1-3H3,(H,20,21). The number of anilines is 1. The zero-order valence-electron chi connectivity index (χ0n) is 15.7. The number of aliphatic hydroxyl groups is 1. The van der Waals surface area contributed by atoms with Gasteiger partial charge < -0.3 is 19.7 Å². The summed E-state index contributed by atoms with van der Waals surface area (Å²) in [6, 6.07) is 5.75. The molecule has 1 atom stereocenters. The van der Waals surface area contributed by atoms with E-state index in [0.717, 1.165) is 22.0 Å². The van der Waals surface area contributed by atoms with Crippen LogP contribution in [0.1, 0.15) is 47.5 Å². The molecule has 0 aliphatic carbocycles. The number of fused-ring (bicyclic) bond motifs is 1. The summed E-state index contributed by atoms with van der Waals surface area (Å²) in [7, 11) is 1.40. The average molecular weight is 388 g/mol. The first kappa shape index (κ1) is 19.4. The fraction of sp³-hybridized carbons (Fsp3) is 0.421. The van der Waals surface area contributed by atoms with Gasteiger partial charge in [0.25, 0.3) is 0 Å². The van der Waals surface area contributed by atoms with E-state index >= 15 is 0 Å². The van der Waals surface area contributed by atoms with Gasteiger partial charge in [-0.25, -0.2) is 9.78 Å². The zero-order chi connectivity index (χ0) is 19.4. The van der Waals surface area contributed by atoms with Crippen molar-refractivity contribution in [3.63, 3.8) is 0 Å². The molecule has 1 aliphatic heterocycles. The van der Waals surface area contributed by atoms with Crippen molar-refractivity contribution >= 4 is 29.9 Å². The van der Waals surface area contributed by atoms with Gasteiger partial charge in [0, 0.05) is 17.2 Å². The molecule has 0 fully saturated rings. The lowest BCUT2D eigenvalue weighted by Gasteiger charge is -2.16. The number of benzene rings is 1. The number of imidazole rings is 1. The zero-order valence-corrected chi connectivity index (χ0v) is 16.5. The van der Waals surface area contributed by atoms with Gasteiger partial charge in [0.05, 0.1) is 31.9 Å². The third-order valence-corrected chi connectivity index (χ3v) is 5.53. The van der Waals surface area contributed by atoms with Crippen molar-refractivity contribution in [3.8, 4) is 0 Å². The van der Waals surface area contributed by atoms with Crippen LogP contribution in [0.15, 0.2) is 34.4 Å². The number of rotatable bonds is 6. The minimum atomic E-state index is -0.701. The number of aromatic nitrogens is 2. The van der Waals surface area contributed by atoms with Crippen LogP contribution < -0.4 is 5.32 Å². The smallest absolute Gasteiger partial charge is 0.339 e. The maximum absolute atomic E-state index is 12.2. The van der Waals surface area contributed by atoms with E-state index in [2.05, 4.69) is 35.2 Å². The molecule has 2 heterocycles. The van der Waals surface area contributed by atoms with Crippen LogP contribution in [0.25, 0.3) is 0 Å². The molecule has 27 heavy (non-hydrogen) atoms. The fourth-order valence-electron chi connectivity index (χ4n) is 3.00. The summed E-state index contributed by atoms with van der Waals surface area (Å²) >= 11 is 1.63. The van der Waals surface area contributed by atoms with Crippen LogP contribution in [-0.4, -0.2) is 46.4 Å². The van der Waals surface area contributed by atoms with Crippen molar-refractivity contribution in [3.05, 3.63) is 41.3 Å². The first-order valence-electron chi connectivity index (χ1n) is 8.84. The number of methoxy groups -OCH3 is 1. The van der Waals surface area contributed by atoms with Crippen LogP contribution in [0.3, 0.4) is 0 Å². The summed E-state index contributed by atoms with van der Waals surface area (Å²) in [6.45, 7) is 5.20. The summed E-state index contributed by atoms with van der Waals surface area (Å²) < 4.78 is 6.90. The van der Waals surface area contributed by atoms with Crippen molar-refractivity contribution < 1.29 is 14.6 Å². The van der Waals surface area contributed by atoms with Crippen molar-refractivity contribution in [2.24, 2.45) is 4.99 Å². The van der Waals surface area contributed by atoms with Crippen LogP contribution in [0.2, 0.25) is 0 Å². The largest absolute Gasteiger partial charge is 0.465 e. The number of nitrogens with zero attached hydrogens (tertiary/aromatic N) is 3. The van der Waals surface area contributed by atoms with E-state index in [0.29, 0.717) is 30.3 Å². The Hall–Kier alpha value is -2.32. The first-order valence-corrected chi connectivity index (χ1v) is 9.83. The Morgan fingerprint density at radius 1 is 1.48 bits per heavy atom. The summed E-state index contributed by atoms with van der Waals surface area (Å²) in [5.41, 5.74) is 2.34. The molecule has 3 rings (SSSR count). The SMILES string of the molecule is COC(=O)c1cccc(C(C)C)c1SCCn1cnc2c1NC=NCC2O. The fourth-order valence-corrected chi connectivity index (χ4v) is 4.27. The number of hydrogen-bond donors (Lipinski definition) is 2. The highest BCUT2D eigenvalue weighted by atomic mass is 32.2. The normalized spacial score (nSPS) is 16.0. The van der Waals surface area contributed by atoms with E-state index in [1.165, 1.54) is 7.11 Å². The van der Waals surface area contributed by atoms with Crippen molar-refractivity contribution in [2.75, 3.05) is 24.7 Å². The van der Waals surface area contributed by atoms with Gasteiger partial charge in [0.1, 0.15) is 17.6 Å². The first-order chi connectivity index (χ1) is 13.0.